The maximum atomic E-state index is 11.9. The van der Waals surface area contributed by atoms with Gasteiger partial charge >= 0.3 is 0 Å². The molecule has 1 atom stereocenters. The van der Waals surface area contributed by atoms with Gasteiger partial charge in [0.25, 0.3) is 0 Å². The second kappa shape index (κ2) is 7.56. The molecule has 1 aliphatic rings. The van der Waals surface area contributed by atoms with Crippen molar-refractivity contribution in [2.45, 2.75) is 12.8 Å². The molecule has 19 heavy (non-hydrogen) atoms. The van der Waals surface area contributed by atoms with Crippen molar-refractivity contribution in [2.75, 3.05) is 31.2 Å². The number of carbonyl (C=O) groups excluding carboxylic acids is 1. The van der Waals surface area contributed by atoms with Gasteiger partial charge in [-0.2, -0.15) is 11.8 Å². The Morgan fingerprint density at radius 1 is 1.37 bits per heavy atom. The molecule has 0 bridgehead atoms. The predicted molar refractivity (Wildman–Crippen MR) is 79.2 cm³/mol. The predicted octanol–water partition coefficient (Wildman–Crippen LogP) is 1.80. The second-order valence-corrected chi connectivity index (χ2v) is 6.07. The van der Waals surface area contributed by atoms with Crippen molar-refractivity contribution < 1.29 is 9.90 Å². The third-order valence-electron chi connectivity index (χ3n) is 3.50. The Kier molecular flexibility index (Phi) is 5.73. The third kappa shape index (κ3) is 4.55. The highest BCUT2D eigenvalue weighted by molar-refractivity contribution is 7.99. The van der Waals surface area contributed by atoms with Crippen molar-refractivity contribution in [3.05, 3.63) is 35.9 Å². The summed E-state index contributed by atoms with van der Waals surface area (Å²) >= 11 is 1.70. The van der Waals surface area contributed by atoms with E-state index in [1.807, 2.05) is 23.1 Å². The molecule has 1 aromatic carbocycles. The zero-order valence-electron chi connectivity index (χ0n) is 11.1. The molecule has 1 aromatic rings. The van der Waals surface area contributed by atoms with E-state index < -0.39 is 0 Å². The summed E-state index contributed by atoms with van der Waals surface area (Å²) in [6.07, 6.45) is 1.95. The van der Waals surface area contributed by atoms with E-state index in [1.165, 1.54) is 5.56 Å². The van der Waals surface area contributed by atoms with Crippen LogP contribution in [0.4, 0.5) is 0 Å². The Balaban J connectivity index is 1.62. The molecule has 1 saturated heterocycles. The number of aliphatic hydroxyl groups is 1. The lowest BCUT2D eigenvalue weighted by molar-refractivity contribution is -0.127. The Bertz CT molecular complexity index is 396. The minimum atomic E-state index is 0.199. The van der Waals surface area contributed by atoms with E-state index in [4.69, 9.17) is 5.11 Å². The number of carbonyl (C=O) groups is 1. The Morgan fingerprint density at radius 3 is 2.84 bits per heavy atom. The van der Waals surface area contributed by atoms with Crippen molar-refractivity contribution in [3.8, 4) is 0 Å². The van der Waals surface area contributed by atoms with E-state index in [9.17, 15) is 4.79 Å². The normalized spacial score (nSPS) is 18.8. The number of nitrogens with zero attached hydrogens (tertiary/aromatic N) is 1. The Labute approximate surface area is 119 Å². The van der Waals surface area contributed by atoms with Crippen LogP contribution in [0.3, 0.4) is 0 Å². The summed E-state index contributed by atoms with van der Waals surface area (Å²) in [6, 6.07) is 10.4. The van der Waals surface area contributed by atoms with E-state index in [0.717, 1.165) is 31.7 Å². The first-order chi connectivity index (χ1) is 9.29. The summed E-state index contributed by atoms with van der Waals surface area (Å²) in [5.41, 5.74) is 1.32. The molecule has 1 unspecified atom stereocenters. The topological polar surface area (TPSA) is 40.5 Å². The van der Waals surface area contributed by atoms with Gasteiger partial charge in [-0.3, -0.25) is 4.79 Å². The van der Waals surface area contributed by atoms with Crippen LogP contribution in [0.5, 0.6) is 0 Å². The van der Waals surface area contributed by atoms with Crippen LogP contribution in [0.15, 0.2) is 30.3 Å². The van der Waals surface area contributed by atoms with Crippen molar-refractivity contribution >= 4 is 17.7 Å². The van der Waals surface area contributed by atoms with Gasteiger partial charge in [0.2, 0.25) is 5.91 Å². The van der Waals surface area contributed by atoms with Crippen LogP contribution in [0, 0.1) is 5.92 Å². The van der Waals surface area contributed by atoms with Gasteiger partial charge in [-0.25, -0.2) is 0 Å². The molecular formula is C15H21NO2S. The van der Waals surface area contributed by atoms with Crippen LogP contribution in [0.1, 0.15) is 12.0 Å². The van der Waals surface area contributed by atoms with Gasteiger partial charge in [-0.15, -0.1) is 0 Å². The van der Waals surface area contributed by atoms with Crippen LogP contribution < -0.4 is 0 Å². The number of rotatable bonds is 6. The molecule has 1 heterocycles. The molecule has 1 amide bonds. The van der Waals surface area contributed by atoms with E-state index in [0.29, 0.717) is 11.7 Å². The lowest BCUT2D eigenvalue weighted by atomic mass is 10.1. The quantitative estimate of drug-likeness (QED) is 0.807. The monoisotopic (exact) mass is 279 g/mol. The summed E-state index contributed by atoms with van der Waals surface area (Å²) in [7, 11) is 0. The van der Waals surface area contributed by atoms with Gasteiger partial charge < -0.3 is 10.0 Å². The molecule has 2 rings (SSSR count). The van der Waals surface area contributed by atoms with Gasteiger partial charge in [0.1, 0.15) is 0 Å². The molecule has 104 valence electrons. The van der Waals surface area contributed by atoms with Crippen LogP contribution in [0.2, 0.25) is 0 Å². The fraction of sp³-hybridized carbons (Fsp3) is 0.533. The molecule has 4 heteroatoms. The highest BCUT2D eigenvalue weighted by Gasteiger charge is 2.25. The summed E-state index contributed by atoms with van der Waals surface area (Å²) in [6.45, 7) is 1.74. The molecule has 1 aliphatic heterocycles. The number of aliphatic hydroxyl groups excluding tert-OH is 1. The Hall–Kier alpha value is -1.00. The summed E-state index contributed by atoms with van der Waals surface area (Å²) < 4.78 is 0. The molecule has 0 radical (unpaired) electrons. The Morgan fingerprint density at radius 2 is 2.16 bits per heavy atom. The zero-order valence-corrected chi connectivity index (χ0v) is 11.9. The minimum Gasteiger partial charge on any atom is -0.396 e. The molecule has 3 nitrogen and oxygen atoms in total. The van der Waals surface area contributed by atoms with Crippen molar-refractivity contribution in [1.29, 1.82) is 0 Å². The number of hydrogen-bond donors (Lipinski definition) is 1. The van der Waals surface area contributed by atoms with Crippen LogP contribution in [-0.2, 0) is 11.2 Å². The lowest BCUT2D eigenvalue weighted by Gasteiger charge is -2.15. The number of benzene rings is 1. The molecule has 0 saturated carbocycles. The first-order valence-corrected chi connectivity index (χ1v) is 7.95. The van der Waals surface area contributed by atoms with Gasteiger partial charge in [-0.1, -0.05) is 30.3 Å². The summed E-state index contributed by atoms with van der Waals surface area (Å²) in [4.78, 5) is 13.8. The van der Waals surface area contributed by atoms with E-state index in [2.05, 4.69) is 12.1 Å². The van der Waals surface area contributed by atoms with E-state index in [1.54, 1.807) is 11.8 Å². The van der Waals surface area contributed by atoms with Gasteiger partial charge in [0, 0.05) is 25.6 Å². The van der Waals surface area contributed by atoms with Crippen LogP contribution >= 0.6 is 11.8 Å². The van der Waals surface area contributed by atoms with Gasteiger partial charge in [0.05, 0.1) is 5.75 Å². The highest BCUT2D eigenvalue weighted by atomic mass is 32.2. The fourth-order valence-corrected chi connectivity index (χ4v) is 3.18. The molecule has 1 fully saturated rings. The lowest BCUT2D eigenvalue weighted by Crippen LogP contribution is -2.30. The SMILES string of the molecule is O=C(CSCCc1ccccc1)N1CCC(CO)C1. The van der Waals surface area contributed by atoms with Crippen LogP contribution in [-0.4, -0.2) is 47.1 Å². The highest BCUT2D eigenvalue weighted by Crippen LogP contribution is 2.17. The summed E-state index contributed by atoms with van der Waals surface area (Å²) in [5.74, 6) is 2.05. The molecule has 0 aliphatic carbocycles. The number of aryl methyl sites for hydroxylation is 1. The average Bonchev–Trinajstić information content (AvgIpc) is 2.93. The molecule has 0 spiro atoms. The smallest absolute Gasteiger partial charge is 0.232 e. The first-order valence-electron chi connectivity index (χ1n) is 6.80. The number of hydrogen-bond acceptors (Lipinski definition) is 3. The fourth-order valence-electron chi connectivity index (χ4n) is 2.29. The summed E-state index contributed by atoms with van der Waals surface area (Å²) in [5, 5.41) is 9.06. The minimum absolute atomic E-state index is 0.199. The first kappa shape index (κ1) is 14.4. The molecule has 1 N–H and O–H groups in total. The van der Waals surface area contributed by atoms with Crippen molar-refractivity contribution in [2.24, 2.45) is 5.92 Å². The second-order valence-electron chi connectivity index (χ2n) is 4.97. The number of likely N-dealkylation sites (tertiary alicyclic amines) is 1. The molecule has 0 aromatic heterocycles. The van der Waals surface area contributed by atoms with Gasteiger partial charge in [0.15, 0.2) is 0 Å². The van der Waals surface area contributed by atoms with E-state index >= 15 is 0 Å². The number of thioether (sulfide) groups is 1. The standard InChI is InChI=1S/C15H21NO2S/c17-11-14-6-8-16(10-14)15(18)12-19-9-7-13-4-2-1-3-5-13/h1-5,14,17H,6-12H2. The number of amides is 1. The maximum Gasteiger partial charge on any atom is 0.232 e. The molecular weight excluding hydrogens is 258 g/mol. The third-order valence-corrected chi connectivity index (χ3v) is 4.44. The van der Waals surface area contributed by atoms with Crippen molar-refractivity contribution in [3.63, 3.8) is 0 Å². The largest absolute Gasteiger partial charge is 0.396 e. The van der Waals surface area contributed by atoms with Crippen LogP contribution in [0.25, 0.3) is 0 Å². The zero-order chi connectivity index (χ0) is 13.5. The average molecular weight is 279 g/mol. The van der Waals surface area contributed by atoms with E-state index in [-0.39, 0.29) is 12.5 Å². The van der Waals surface area contributed by atoms with Gasteiger partial charge in [-0.05, 0) is 24.2 Å². The van der Waals surface area contributed by atoms with Crippen molar-refractivity contribution in [1.82, 2.24) is 4.90 Å². The maximum absolute atomic E-state index is 11.9.